The van der Waals surface area contributed by atoms with Crippen LogP contribution >= 0.6 is 0 Å². The van der Waals surface area contributed by atoms with Crippen molar-refractivity contribution in [3.8, 4) is 5.75 Å². The quantitative estimate of drug-likeness (QED) is 0.637. The molecule has 0 bridgehead atoms. The second kappa shape index (κ2) is 11.0. The molecule has 2 aromatic rings. The van der Waals surface area contributed by atoms with Gasteiger partial charge >= 0.3 is 0 Å². The number of piperazine rings is 1. The molecule has 4 rings (SSSR count). The number of anilines is 1. The number of aryl methyl sites for hydroxylation is 2. The Bertz CT molecular complexity index is 925. The molecular weight excluding hydrogens is 412 g/mol. The van der Waals surface area contributed by atoms with Crippen LogP contribution in [-0.4, -0.2) is 67.1 Å². The van der Waals surface area contributed by atoms with Crippen LogP contribution in [0.2, 0.25) is 0 Å². The molecular formula is C27H38N4O2. The Morgan fingerprint density at radius 3 is 2.64 bits per heavy atom. The Morgan fingerprint density at radius 2 is 1.91 bits per heavy atom. The minimum atomic E-state index is 0.314. The number of pyridine rings is 1. The van der Waals surface area contributed by atoms with Crippen LogP contribution in [0.3, 0.4) is 0 Å². The van der Waals surface area contributed by atoms with Crippen LogP contribution in [0.1, 0.15) is 42.4 Å². The highest BCUT2D eigenvalue weighted by Gasteiger charge is 2.25. The summed E-state index contributed by atoms with van der Waals surface area (Å²) in [5.74, 6) is 2.90. The lowest BCUT2D eigenvalue weighted by molar-refractivity contribution is -0.131. The number of carbonyl (C=O) groups is 1. The molecule has 2 fully saturated rings. The number of likely N-dealkylation sites (tertiary alicyclic amines) is 1. The number of nitrogens with zero attached hydrogens (tertiary/aromatic N) is 4. The molecule has 3 heterocycles. The molecule has 6 nitrogen and oxygen atoms in total. The average molecular weight is 451 g/mol. The Kier molecular flexibility index (Phi) is 7.86. The molecule has 178 valence electrons. The topological polar surface area (TPSA) is 48.9 Å². The maximum absolute atomic E-state index is 12.9. The largest absolute Gasteiger partial charge is 0.496 e. The Balaban J connectivity index is 1.23. The first-order chi connectivity index (χ1) is 16.0. The average Bonchev–Trinajstić information content (AvgIpc) is 2.85. The minimum Gasteiger partial charge on any atom is -0.496 e. The summed E-state index contributed by atoms with van der Waals surface area (Å²) in [4.78, 5) is 24.2. The molecule has 0 radical (unpaired) electrons. The Hall–Kier alpha value is -2.60. The predicted molar refractivity (Wildman–Crippen MR) is 133 cm³/mol. The van der Waals surface area contributed by atoms with Crippen molar-refractivity contribution < 1.29 is 9.53 Å². The van der Waals surface area contributed by atoms with Gasteiger partial charge in [0.05, 0.1) is 7.11 Å². The van der Waals surface area contributed by atoms with Crippen molar-refractivity contribution in [2.24, 2.45) is 5.92 Å². The zero-order valence-corrected chi connectivity index (χ0v) is 20.4. The molecule has 0 N–H and O–H groups in total. The second-order valence-corrected chi connectivity index (χ2v) is 9.59. The van der Waals surface area contributed by atoms with Gasteiger partial charge in [0, 0.05) is 51.9 Å². The van der Waals surface area contributed by atoms with Gasteiger partial charge < -0.3 is 14.5 Å². The number of amides is 1. The molecule has 2 aliphatic rings. The number of aromatic nitrogens is 1. The molecule has 0 unspecified atom stereocenters. The van der Waals surface area contributed by atoms with Gasteiger partial charge in [-0.2, -0.15) is 0 Å². The van der Waals surface area contributed by atoms with Gasteiger partial charge in [0.25, 0.3) is 0 Å². The number of ether oxygens (including phenoxy) is 1. The van der Waals surface area contributed by atoms with E-state index in [9.17, 15) is 4.79 Å². The van der Waals surface area contributed by atoms with Crippen LogP contribution < -0.4 is 9.64 Å². The van der Waals surface area contributed by atoms with E-state index in [0.29, 0.717) is 18.2 Å². The highest BCUT2D eigenvalue weighted by atomic mass is 16.5. The number of rotatable bonds is 7. The van der Waals surface area contributed by atoms with E-state index in [1.165, 1.54) is 29.5 Å². The number of hydrogen-bond donors (Lipinski definition) is 0. The van der Waals surface area contributed by atoms with Gasteiger partial charge in [-0.1, -0.05) is 12.1 Å². The van der Waals surface area contributed by atoms with Gasteiger partial charge in [-0.3, -0.25) is 9.69 Å². The summed E-state index contributed by atoms with van der Waals surface area (Å²) >= 11 is 0. The summed E-state index contributed by atoms with van der Waals surface area (Å²) in [6.07, 6.45) is 5.95. The van der Waals surface area contributed by atoms with E-state index in [1.807, 2.05) is 29.3 Å². The summed E-state index contributed by atoms with van der Waals surface area (Å²) in [7, 11) is 1.73. The number of hydrogen-bond acceptors (Lipinski definition) is 5. The van der Waals surface area contributed by atoms with Crippen LogP contribution in [0.4, 0.5) is 5.82 Å². The summed E-state index contributed by atoms with van der Waals surface area (Å²) < 4.78 is 5.47. The van der Waals surface area contributed by atoms with Crippen molar-refractivity contribution in [1.82, 2.24) is 14.8 Å². The van der Waals surface area contributed by atoms with Crippen LogP contribution in [0.15, 0.2) is 36.5 Å². The summed E-state index contributed by atoms with van der Waals surface area (Å²) in [5, 5.41) is 0. The normalized spacial score (nSPS) is 19.5. The molecule has 6 heteroatoms. The molecule has 1 amide bonds. The van der Waals surface area contributed by atoms with Crippen molar-refractivity contribution in [3.63, 3.8) is 0 Å². The zero-order valence-electron chi connectivity index (χ0n) is 20.4. The van der Waals surface area contributed by atoms with Gasteiger partial charge in [0.2, 0.25) is 5.91 Å². The highest BCUT2D eigenvalue weighted by molar-refractivity contribution is 5.76. The van der Waals surface area contributed by atoms with E-state index in [-0.39, 0.29) is 0 Å². The van der Waals surface area contributed by atoms with Gasteiger partial charge in [0.15, 0.2) is 0 Å². The number of methoxy groups -OCH3 is 1. The maximum Gasteiger partial charge on any atom is 0.222 e. The molecule has 1 aromatic carbocycles. The van der Waals surface area contributed by atoms with Crippen molar-refractivity contribution in [3.05, 3.63) is 53.2 Å². The monoisotopic (exact) mass is 450 g/mol. The van der Waals surface area contributed by atoms with Crippen LogP contribution in [0.25, 0.3) is 0 Å². The molecule has 1 aromatic heterocycles. The fourth-order valence-corrected chi connectivity index (χ4v) is 5.22. The molecule has 2 saturated heterocycles. The molecule has 0 aliphatic carbocycles. The van der Waals surface area contributed by atoms with E-state index in [2.05, 4.69) is 40.8 Å². The van der Waals surface area contributed by atoms with E-state index >= 15 is 0 Å². The third kappa shape index (κ3) is 6.05. The van der Waals surface area contributed by atoms with Gasteiger partial charge in [-0.05, 0) is 80.5 Å². The van der Waals surface area contributed by atoms with Crippen LogP contribution in [0.5, 0.6) is 5.75 Å². The number of benzene rings is 1. The van der Waals surface area contributed by atoms with E-state index < -0.39 is 0 Å². The predicted octanol–water partition coefficient (Wildman–Crippen LogP) is 4.05. The lowest BCUT2D eigenvalue weighted by Crippen LogP contribution is -2.49. The van der Waals surface area contributed by atoms with Crippen molar-refractivity contribution in [2.45, 2.75) is 46.1 Å². The number of piperidine rings is 1. The third-order valence-corrected chi connectivity index (χ3v) is 7.22. The summed E-state index contributed by atoms with van der Waals surface area (Å²) in [6.45, 7) is 10.8. The summed E-state index contributed by atoms with van der Waals surface area (Å²) in [5.41, 5.74) is 3.87. The van der Waals surface area contributed by atoms with Gasteiger partial charge in [-0.25, -0.2) is 4.98 Å². The molecule has 0 saturated carbocycles. The Labute approximate surface area is 198 Å². The molecule has 0 spiro atoms. The first kappa shape index (κ1) is 23.6. The molecule has 2 aliphatic heterocycles. The lowest BCUT2D eigenvalue weighted by atomic mass is 9.92. The zero-order chi connectivity index (χ0) is 23.2. The third-order valence-electron chi connectivity index (χ3n) is 7.22. The van der Waals surface area contributed by atoms with E-state index in [1.54, 1.807) is 7.11 Å². The minimum absolute atomic E-state index is 0.314. The van der Waals surface area contributed by atoms with Crippen molar-refractivity contribution in [1.29, 1.82) is 0 Å². The first-order valence-electron chi connectivity index (χ1n) is 12.3. The maximum atomic E-state index is 12.9. The number of carbonyl (C=O) groups excluding carboxylic acids is 1. The second-order valence-electron chi connectivity index (χ2n) is 9.59. The van der Waals surface area contributed by atoms with Crippen LogP contribution in [0, 0.1) is 19.8 Å². The SMILES string of the molecule is COc1cc(C)c(CN2CCC[C@@H](CCC(=O)N3CCN(c4ccccn4)CC3)C2)cc1C. The summed E-state index contributed by atoms with van der Waals surface area (Å²) in [6, 6.07) is 10.4. The van der Waals surface area contributed by atoms with Gasteiger partial charge in [0.1, 0.15) is 11.6 Å². The van der Waals surface area contributed by atoms with Crippen molar-refractivity contribution in [2.75, 3.05) is 51.3 Å². The van der Waals surface area contributed by atoms with E-state index in [4.69, 9.17) is 4.74 Å². The molecule has 33 heavy (non-hydrogen) atoms. The van der Waals surface area contributed by atoms with E-state index in [0.717, 1.165) is 63.8 Å². The van der Waals surface area contributed by atoms with Crippen molar-refractivity contribution >= 4 is 11.7 Å². The fraction of sp³-hybridized carbons (Fsp3) is 0.556. The lowest BCUT2D eigenvalue weighted by Gasteiger charge is -2.36. The first-order valence-corrected chi connectivity index (χ1v) is 12.3. The van der Waals surface area contributed by atoms with Crippen LogP contribution in [-0.2, 0) is 11.3 Å². The highest BCUT2D eigenvalue weighted by Crippen LogP contribution is 2.27. The smallest absolute Gasteiger partial charge is 0.222 e. The van der Waals surface area contributed by atoms with Gasteiger partial charge in [-0.15, -0.1) is 0 Å². The standard InChI is InChI=1S/C27H38N4O2/c1-21-18-25(33-3)22(2)17-24(21)20-29-12-6-7-23(19-29)9-10-27(32)31-15-13-30(14-16-31)26-8-4-5-11-28-26/h4-5,8,11,17-18,23H,6-7,9-10,12-16,19-20H2,1-3H3/t23-/m0/s1. The molecule has 1 atom stereocenters. The Morgan fingerprint density at radius 1 is 1.09 bits per heavy atom. The fourth-order valence-electron chi connectivity index (χ4n) is 5.22.